The van der Waals surface area contributed by atoms with Crippen LogP contribution in [0.2, 0.25) is 0 Å². The van der Waals surface area contributed by atoms with Crippen LogP contribution in [0.5, 0.6) is 0 Å². The molecule has 1 saturated carbocycles. The van der Waals surface area contributed by atoms with Crippen molar-refractivity contribution in [2.24, 2.45) is 5.92 Å². The minimum absolute atomic E-state index is 0.220. The van der Waals surface area contributed by atoms with Gasteiger partial charge in [0.15, 0.2) is 5.01 Å². The predicted molar refractivity (Wildman–Crippen MR) is 61.0 cm³/mol. The van der Waals surface area contributed by atoms with Crippen molar-refractivity contribution < 1.29 is 13.2 Å². The van der Waals surface area contributed by atoms with Gasteiger partial charge in [0.05, 0.1) is 0 Å². The van der Waals surface area contributed by atoms with Gasteiger partial charge in [0.2, 0.25) is 0 Å². The molecule has 3 unspecified atom stereocenters. The second-order valence-corrected chi connectivity index (χ2v) is 6.36. The van der Waals surface area contributed by atoms with Gasteiger partial charge in [0.1, 0.15) is 0 Å². The van der Waals surface area contributed by atoms with Crippen LogP contribution < -0.4 is 0 Å². The number of hydrogen-bond donors (Lipinski definition) is 0. The van der Waals surface area contributed by atoms with Crippen LogP contribution in [0.15, 0.2) is 6.20 Å². The van der Waals surface area contributed by atoms with Gasteiger partial charge in [-0.3, -0.25) is 0 Å². The van der Waals surface area contributed by atoms with Gasteiger partial charge < -0.3 is 0 Å². The molecule has 0 N–H and O–H groups in total. The third-order valence-corrected chi connectivity index (χ3v) is 5.56. The maximum absolute atomic E-state index is 12.4. The molecule has 0 aliphatic heterocycles. The van der Waals surface area contributed by atoms with E-state index in [1.54, 1.807) is 0 Å². The molecule has 1 fully saturated rings. The van der Waals surface area contributed by atoms with Gasteiger partial charge >= 0.3 is 6.18 Å². The van der Waals surface area contributed by atoms with Crippen molar-refractivity contribution in [2.75, 3.05) is 0 Å². The molecule has 90 valence electrons. The van der Waals surface area contributed by atoms with Crippen LogP contribution in [0.25, 0.3) is 0 Å². The van der Waals surface area contributed by atoms with Crippen LogP contribution in [-0.2, 0) is 6.18 Å². The van der Waals surface area contributed by atoms with E-state index in [0.717, 1.165) is 29.1 Å². The van der Waals surface area contributed by atoms with Crippen molar-refractivity contribution in [1.29, 1.82) is 0 Å². The van der Waals surface area contributed by atoms with Crippen LogP contribution >= 0.6 is 27.3 Å². The van der Waals surface area contributed by atoms with E-state index < -0.39 is 11.2 Å². The lowest BCUT2D eigenvalue weighted by atomic mass is 9.97. The smallest absolute Gasteiger partial charge is 0.240 e. The monoisotopic (exact) mass is 313 g/mol. The maximum atomic E-state index is 12.4. The third-order valence-electron chi connectivity index (χ3n) is 3.09. The molecule has 2 rings (SSSR count). The Morgan fingerprint density at radius 1 is 1.44 bits per heavy atom. The Balaban J connectivity index is 2.20. The standard InChI is InChI=1S/C10H11BrF3NS/c1-5-6(2-3-7(5)11)8-4-15-9(16-8)10(12,13)14/h4-7H,2-3H2,1H3. The number of thiazole rings is 1. The Labute approximate surface area is 104 Å². The number of alkyl halides is 4. The number of nitrogens with zero attached hydrogens (tertiary/aromatic N) is 1. The highest BCUT2D eigenvalue weighted by molar-refractivity contribution is 9.09. The lowest BCUT2D eigenvalue weighted by Crippen LogP contribution is -2.07. The highest BCUT2D eigenvalue weighted by atomic mass is 79.9. The molecule has 0 amide bonds. The first-order chi connectivity index (χ1) is 7.39. The first kappa shape index (κ1) is 12.4. The topological polar surface area (TPSA) is 12.9 Å². The molecule has 0 spiro atoms. The lowest BCUT2D eigenvalue weighted by Gasteiger charge is -2.14. The van der Waals surface area contributed by atoms with Crippen LogP contribution in [0.4, 0.5) is 13.2 Å². The Morgan fingerprint density at radius 3 is 2.56 bits per heavy atom. The first-order valence-electron chi connectivity index (χ1n) is 5.06. The number of hydrogen-bond acceptors (Lipinski definition) is 2. The summed E-state index contributed by atoms with van der Waals surface area (Å²) in [7, 11) is 0. The van der Waals surface area contributed by atoms with E-state index in [4.69, 9.17) is 0 Å². The molecular formula is C10H11BrF3NS. The fraction of sp³-hybridized carbons (Fsp3) is 0.700. The molecule has 1 aliphatic rings. The summed E-state index contributed by atoms with van der Waals surface area (Å²) in [5, 5.41) is -0.729. The van der Waals surface area contributed by atoms with Gasteiger partial charge in [0, 0.05) is 15.9 Å². The largest absolute Gasteiger partial charge is 0.443 e. The van der Waals surface area contributed by atoms with Crippen LogP contribution in [0, 0.1) is 5.92 Å². The fourth-order valence-electron chi connectivity index (χ4n) is 2.11. The van der Waals surface area contributed by atoms with Crippen molar-refractivity contribution in [1.82, 2.24) is 4.98 Å². The first-order valence-corrected chi connectivity index (χ1v) is 6.80. The van der Waals surface area contributed by atoms with E-state index in [0.29, 0.717) is 10.7 Å². The summed E-state index contributed by atoms with van der Waals surface area (Å²) in [5.74, 6) is 0.597. The number of aromatic nitrogens is 1. The van der Waals surface area contributed by atoms with Crippen molar-refractivity contribution in [3.05, 3.63) is 16.1 Å². The Kier molecular flexibility index (Phi) is 3.32. The zero-order valence-electron chi connectivity index (χ0n) is 8.59. The summed E-state index contributed by atoms with van der Waals surface area (Å²) < 4.78 is 37.2. The molecular weight excluding hydrogens is 303 g/mol. The molecule has 0 aromatic carbocycles. The number of halogens is 4. The Morgan fingerprint density at radius 2 is 2.12 bits per heavy atom. The van der Waals surface area contributed by atoms with Gasteiger partial charge in [0.25, 0.3) is 0 Å². The molecule has 1 nitrogen and oxygen atoms in total. The van der Waals surface area contributed by atoms with E-state index >= 15 is 0 Å². The predicted octanol–water partition coefficient (Wildman–Crippen LogP) is 4.44. The van der Waals surface area contributed by atoms with E-state index in [2.05, 4.69) is 27.8 Å². The van der Waals surface area contributed by atoms with Gasteiger partial charge in [-0.2, -0.15) is 13.2 Å². The Bertz CT molecular complexity index is 376. The highest BCUT2D eigenvalue weighted by Gasteiger charge is 2.38. The van der Waals surface area contributed by atoms with Crippen molar-refractivity contribution in [3.8, 4) is 0 Å². The molecule has 1 aromatic heterocycles. The van der Waals surface area contributed by atoms with E-state index in [9.17, 15) is 13.2 Å². The van der Waals surface area contributed by atoms with E-state index in [-0.39, 0.29) is 5.92 Å². The molecule has 0 radical (unpaired) electrons. The summed E-state index contributed by atoms with van der Waals surface area (Å²) in [6, 6.07) is 0. The molecule has 1 aromatic rings. The lowest BCUT2D eigenvalue weighted by molar-refractivity contribution is -0.137. The minimum atomic E-state index is -4.31. The van der Waals surface area contributed by atoms with E-state index in [1.807, 2.05) is 0 Å². The van der Waals surface area contributed by atoms with E-state index in [1.165, 1.54) is 6.20 Å². The quantitative estimate of drug-likeness (QED) is 0.698. The normalized spacial score (nSPS) is 30.9. The number of rotatable bonds is 1. The molecule has 1 heterocycles. The molecule has 0 saturated heterocycles. The molecule has 16 heavy (non-hydrogen) atoms. The van der Waals surface area contributed by atoms with Gasteiger partial charge in [-0.05, 0) is 24.7 Å². The third kappa shape index (κ3) is 2.27. The average Bonchev–Trinajstić information content (AvgIpc) is 2.74. The highest BCUT2D eigenvalue weighted by Crippen LogP contribution is 2.45. The Hall–Kier alpha value is -0.100. The van der Waals surface area contributed by atoms with Gasteiger partial charge in [-0.15, -0.1) is 11.3 Å². The summed E-state index contributed by atoms with van der Waals surface area (Å²) in [5.41, 5.74) is 0. The van der Waals surface area contributed by atoms with Gasteiger partial charge in [-0.1, -0.05) is 22.9 Å². The summed E-state index contributed by atoms with van der Waals surface area (Å²) in [4.78, 5) is 4.65. The fourth-order valence-corrected chi connectivity index (χ4v) is 3.77. The van der Waals surface area contributed by atoms with Crippen molar-refractivity contribution in [2.45, 2.75) is 36.7 Å². The zero-order valence-corrected chi connectivity index (χ0v) is 11.0. The van der Waals surface area contributed by atoms with Gasteiger partial charge in [-0.25, -0.2) is 4.98 Å². The summed E-state index contributed by atoms with van der Waals surface area (Å²) in [6.07, 6.45) is -0.958. The minimum Gasteiger partial charge on any atom is -0.240 e. The van der Waals surface area contributed by atoms with Crippen LogP contribution in [0.3, 0.4) is 0 Å². The molecule has 0 bridgehead atoms. The summed E-state index contributed by atoms with van der Waals surface area (Å²) in [6.45, 7) is 2.07. The van der Waals surface area contributed by atoms with Crippen LogP contribution in [-0.4, -0.2) is 9.81 Å². The second-order valence-electron chi connectivity index (χ2n) is 4.12. The zero-order chi connectivity index (χ0) is 11.9. The van der Waals surface area contributed by atoms with Crippen LogP contribution in [0.1, 0.15) is 35.6 Å². The SMILES string of the molecule is CC1C(Br)CCC1c1cnc(C(F)(F)F)s1. The maximum Gasteiger partial charge on any atom is 0.443 e. The van der Waals surface area contributed by atoms with Crippen molar-refractivity contribution >= 4 is 27.3 Å². The molecule has 3 atom stereocenters. The molecule has 6 heteroatoms. The average molecular weight is 314 g/mol. The van der Waals surface area contributed by atoms with Crippen molar-refractivity contribution in [3.63, 3.8) is 0 Å². The second kappa shape index (κ2) is 4.29. The summed E-state index contributed by atoms with van der Waals surface area (Å²) >= 11 is 4.34. The molecule has 1 aliphatic carbocycles.